The summed E-state index contributed by atoms with van der Waals surface area (Å²) < 4.78 is 0. The third kappa shape index (κ3) is 2.42. The summed E-state index contributed by atoms with van der Waals surface area (Å²) in [5.41, 5.74) is 5.75. The van der Waals surface area contributed by atoms with Gasteiger partial charge >= 0.3 is 0 Å². The van der Waals surface area contributed by atoms with E-state index in [9.17, 15) is 4.79 Å². The number of carbonyl (C=O) groups excluding carboxylic acids is 1. The number of amides is 1. The van der Waals surface area contributed by atoms with Gasteiger partial charge in [-0.15, -0.1) is 0 Å². The van der Waals surface area contributed by atoms with Crippen molar-refractivity contribution in [3.63, 3.8) is 0 Å². The maximum Gasteiger partial charge on any atom is 0.254 e. The molecule has 1 N–H and O–H groups in total. The van der Waals surface area contributed by atoms with Crippen molar-refractivity contribution in [2.24, 2.45) is 0 Å². The van der Waals surface area contributed by atoms with E-state index < -0.39 is 0 Å². The number of aromatic amines is 1. The van der Waals surface area contributed by atoms with Crippen molar-refractivity contribution in [2.45, 2.75) is 26.3 Å². The Morgan fingerprint density at radius 1 is 1.13 bits per heavy atom. The fourth-order valence-corrected chi connectivity index (χ4v) is 3.43. The fourth-order valence-electron chi connectivity index (χ4n) is 3.43. The Morgan fingerprint density at radius 2 is 1.91 bits per heavy atom. The molecule has 1 aliphatic rings. The van der Waals surface area contributed by atoms with Crippen LogP contribution in [-0.4, -0.2) is 22.3 Å². The monoisotopic (exact) mass is 304 g/mol. The largest absolute Gasteiger partial charge is 0.357 e. The first-order chi connectivity index (χ1) is 11.3. The Balaban J connectivity index is 1.60. The molecule has 23 heavy (non-hydrogen) atoms. The van der Waals surface area contributed by atoms with Gasteiger partial charge in [0.1, 0.15) is 0 Å². The van der Waals surface area contributed by atoms with Gasteiger partial charge in [-0.1, -0.05) is 37.3 Å². The van der Waals surface area contributed by atoms with Crippen molar-refractivity contribution in [2.75, 3.05) is 6.54 Å². The smallest absolute Gasteiger partial charge is 0.254 e. The minimum absolute atomic E-state index is 0.122. The molecular weight excluding hydrogens is 284 g/mol. The molecule has 3 nitrogen and oxygen atoms in total. The summed E-state index contributed by atoms with van der Waals surface area (Å²) in [7, 11) is 0. The maximum atomic E-state index is 12.7. The van der Waals surface area contributed by atoms with E-state index in [0.29, 0.717) is 6.54 Å². The number of rotatable bonds is 2. The highest BCUT2D eigenvalue weighted by Gasteiger charge is 2.24. The molecule has 2 heterocycles. The highest BCUT2D eigenvalue weighted by Crippen LogP contribution is 2.28. The van der Waals surface area contributed by atoms with Gasteiger partial charge in [0, 0.05) is 28.7 Å². The summed E-state index contributed by atoms with van der Waals surface area (Å²) in [6.45, 7) is 3.57. The van der Waals surface area contributed by atoms with Crippen LogP contribution in [0.15, 0.2) is 48.5 Å². The SMILES string of the molecule is CCc1ccc(C(=O)N2CCc3c([nH]c4ccccc34)C2)cc1. The van der Waals surface area contributed by atoms with Crippen LogP contribution in [0.3, 0.4) is 0 Å². The molecule has 3 heteroatoms. The summed E-state index contributed by atoms with van der Waals surface area (Å²) in [5.74, 6) is 0.122. The quantitative estimate of drug-likeness (QED) is 0.765. The average Bonchev–Trinajstić information content (AvgIpc) is 2.99. The van der Waals surface area contributed by atoms with Crippen LogP contribution in [0, 0.1) is 0 Å². The van der Waals surface area contributed by atoms with Crippen molar-refractivity contribution in [1.29, 1.82) is 0 Å². The third-order valence-electron chi connectivity index (χ3n) is 4.78. The summed E-state index contributed by atoms with van der Waals surface area (Å²) in [4.78, 5) is 18.2. The molecule has 1 amide bonds. The van der Waals surface area contributed by atoms with E-state index in [0.717, 1.165) is 24.9 Å². The molecule has 0 fully saturated rings. The molecule has 0 bridgehead atoms. The number of nitrogens with zero attached hydrogens (tertiary/aromatic N) is 1. The summed E-state index contributed by atoms with van der Waals surface area (Å²) in [6.07, 6.45) is 1.91. The van der Waals surface area contributed by atoms with Crippen LogP contribution in [0.1, 0.15) is 34.1 Å². The van der Waals surface area contributed by atoms with E-state index in [-0.39, 0.29) is 5.91 Å². The lowest BCUT2D eigenvalue weighted by Crippen LogP contribution is -2.35. The van der Waals surface area contributed by atoms with Gasteiger partial charge in [0.05, 0.1) is 6.54 Å². The number of nitrogens with one attached hydrogen (secondary N) is 1. The summed E-state index contributed by atoms with van der Waals surface area (Å²) in [6, 6.07) is 16.4. The number of benzene rings is 2. The van der Waals surface area contributed by atoms with Gasteiger partial charge in [0.25, 0.3) is 5.91 Å². The number of H-pyrrole nitrogens is 1. The molecule has 116 valence electrons. The molecule has 1 aromatic heterocycles. The van der Waals surface area contributed by atoms with Crippen LogP contribution in [-0.2, 0) is 19.4 Å². The maximum absolute atomic E-state index is 12.7. The van der Waals surface area contributed by atoms with Crippen molar-refractivity contribution in [1.82, 2.24) is 9.88 Å². The fraction of sp³-hybridized carbons (Fsp3) is 0.250. The first-order valence-corrected chi connectivity index (χ1v) is 8.23. The summed E-state index contributed by atoms with van der Waals surface area (Å²) in [5, 5.41) is 1.29. The Labute approximate surface area is 135 Å². The molecule has 2 aromatic carbocycles. The lowest BCUT2D eigenvalue weighted by atomic mass is 10.0. The van der Waals surface area contributed by atoms with Gasteiger partial charge in [-0.2, -0.15) is 0 Å². The number of aryl methyl sites for hydroxylation is 1. The first kappa shape index (κ1) is 14.1. The average molecular weight is 304 g/mol. The van der Waals surface area contributed by atoms with E-state index in [2.05, 4.69) is 30.1 Å². The number of hydrogen-bond acceptors (Lipinski definition) is 1. The number of para-hydroxylation sites is 1. The van der Waals surface area contributed by atoms with Crippen LogP contribution in [0.5, 0.6) is 0 Å². The molecule has 4 rings (SSSR count). The summed E-state index contributed by atoms with van der Waals surface area (Å²) >= 11 is 0. The minimum atomic E-state index is 0.122. The molecule has 0 aliphatic carbocycles. The number of carbonyl (C=O) groups is 1. The van der Waals surface area contributed by atoms with Crippen LogP contribution in [0.25, 0.3) is 10.9 Å². The van der Waals surface area contributed by atoms with Crippen LogP contribution >= 0.6 is 0 Å². The van der Waals surface area contributed by atoms with Gasteiger partial charge in [-0.05, 0) is 42.2 Å². The van der Waals surface area contributed by atoms with Crippen molar-refractivity contribution in [3.8, 4) is 0 Å². The second kappa shape index (κ2) is 5.58. The lowest BCUT2D eigenvalue weighted by Gasteiger charge is -2.27. The van der Waals surface area contributed by atoms with Gasteiger partial charge in [-0.25, -0.2) is 0 Å². The first-order valence-electron chi connectivity index (χ1n) is 8.23. The zero-order valence-electron chi connectivity index (χ0n) is 13.3. The Morgan fingerprint density at radius 3 is 2.70 bits per heavy atom. The van der Waals surface area contributed by atoms with Crippen LogP contribution in [0.4, 0.5) is 0 Å². The Kier molecular flexibility index (Phi) is 3.41. The molecule has 0 saturated carbocycles. The van der Waals surface area contributed by atoms with Crippen LogP contribution in [0.2, 0.25) is 0 Å². The molecule has 0 radical (unpaired) electrons. The van der Waals surface area contributed by atoms with Gasteiger partial charge < -0.3 is 9.88 Å². The van der Waals surface area contributed by atoms with Crippen molar-refractivity contribution < 1.29 is 4.79 Å². The number of hydrogen-bond donors (Lipinski definition) is 1. The van der Waals surface area contributed by atoms with Crippen molar-refractivity contribution >= 4 is 16.8 Å². The highest BCUT2D eigenvalue weighted by molar-refractivity contribution is 5.95. The zero-order chi connectivity index (χ0) is 15.8. The predicted molar refractivity (Wildman–Crippen MR) is 92.6 cm³/mol. The Hall–Kier alpha value is -2.55. The van der Waals surface area contributed by atoms with Crippen LogP contribution < -0.4 is 0 Å². The molecular formula is C20H20N2O. The second-order valence-electron chi connectivity index (χ2n) is 6.15. The van der Waals surface area contributed by atoms with Gasteiger partial charge in [0.15, 0.2) is 0 Å². The molecule has 0 spiro atoms. The van der Waals surface area contributed by atoms with E-state index in [1.807, 2.05) is 35.2 Å². The molecule has 0 atom stereocenters. The standard InChI is InChI=1S/C20H20N2O/c1-2-14-7-9-15(10-8-14)20(23)22-12-11-17-16-5-3-4-6-18(16)21-19(17)13-22/h3-10,21H,2,11-13H2,1H3. The minimum Gasteiger partial charge on any atom is -0.357 e. The third-order valence-corrected chi connectivity index (χ3v) is 4.78. The topological polar surface area (TPSA) is 36.1 Å². The zero-order valence-corrected chi connectivity index (χ0v) is 13.3. The van der Waals surface area contributed by atoms with Crippen molar-refractivity contribution in [3.05, 3.63) is 70.9 Å². The Bertz CT molecular complexity index is 861. The number of aromatic nitrogens is 1. The van der Waals surface area contributed by atoms with E-state index in [4.69, 9.17) is 0 Å². The molecule has 0 unspecified atom stereocenters. The van der Waals surface area contributed by atoms with E-state index in [1.165, 1.54) is 27.7 Å². The van der Waals surface area contributed by atoms with E-state index in [1.54, 1.807) is 0 Å². The molecule has 3 aromatic rings. The highest BCUT2D eigenvalue weighted by atomic mass is 16.2. The van der Waals surface area contributed by atoms with Gasteiger partial charge in [0.2, 0.25) is 0 Å². The molecule has 0 saturated heterocycles. The predicted octanol–water partition coefficient (Wildman–Crippen LogP) is 3.93. The normalized spacial score (nSPS) is 14.0. The van der Waals surface area contributed by atoms with E-state index >= 15 is 0 Å². The number of fused-ring (bicyclic) bond motifs is 3. The lowest BCUT2D eigenvalue weighted by molar-refractivity contribution is 0.0733. The second-order valence-corrected chi connectivity index (χ2v) is 6.15. The molecule has 1 aliphatic heterocycles. The van der Waals surface area contributed by atoms with Gasteiger partial charge in [-0.3, -0.25) is 4.79 Å².